The second-order valence-electron chi connectivity index (χ2n) is 10.1. The van der Waals surface area contributed by atoms with E-state index >= 15 is 0 Å². The number of nitrogens with zero attached hydrogens (tertiary/aromatic N) is 5. The van der Waals surface area contributed by atoms with Gasteiger partial charge in [-0.3, -0.25) is 9.59 Å². The minimum Gasteiger partial charge on any atom is -0.494 e. The van der Waals surface area contributed by atoms with Gasteiger partial charge in [-0.2, -0.15) is 0 Å². The van der Waals surface area contributed by atoms with E-state index in [9.17, 15) is 9.59 Å². The van der Waals surface area contributed by atoms with Crippen LogP contribution in [0.4, 0.5) is 5.95 Å². The Balaban J connectivity index is 1.22. The Hall–Kier alpha value is -2.90. The van der Waals surface area contributed by atoms with Crippen molar-refractivity contribution in [3.63, 3.8) is 0 Å². The highest BCUT2D eigenvalue weighted by Crippen LogP contribution is 2.30. The number of carbonyl (C=O) groups is 2. The third-order valence-corrected chi connectivity index (χ3v) is 7.86. The number of aryl methyl sites for hydroxylation is 1. The summed E-state index contributed by atoms with van der Waals surface area (Å²) >= 11 is 0. The van der Waals surface area contributed by atoms with Gasteiger partial charge in [-0.15, -0.1) is 0 Å². The molecule has 35 heavy (non-hydrogen) atoms. The summed E-state index contributed by atoms with van der Waals surface area (Å²) in [6.07, 6.45) is 6.62. The lowest BCUT2D eigenvalue weighted by Gasteiger charge is -2.36. The van der Waals surface area contributed by atoms with Crippen molar-refractivity contribution in [3.05, 3.63) is 23.9 Å². The van der Waals surface area contributed by atoms with Crippen molar-refractivity contribution < 1.29 is 14.3 Å². The predicted molar refractivity (Wildman–Crippen MR) is 136 cm³/mol. The summed E-state index contributed by atoms with van der Waals surface area (Å²) in [5.41, 5.74) is 1.79. The molecule has 1 atom stereocenters. The van der Waals surface area contributed by atoms with Gasteiger partial charge in [-0.05, 0) is 76.5 Å². The van der Waals surface area contributed by atoms with E-state index in [1.54, 1.807) is 0 Å². The van der Waals surface area contributed by atoms with Crippen LogP contribution in [0.25, 0.3) is 10.9 Å². The number of hydrogen-bond acceptors (Lipinski definition) is 6. The monoisotopic (exact) mass is 479 g/mol. The molecule has 0 saturated carbocycles. The topological polar surface area (TPSA) is 78.9 Å². The molecule has 3 fully saturated rings. The standard InChI is InChI=1S/C27H37N5O3/c1-3-35-21-8-9-23-22(18-21)19(2)28-27(29-23)32-14-4-6-24(32)26(34)31-16-11-20(12-17-31)10-15-30-13-5-7-25(30)33/h8-9,18,20,24H,3-7,10-17H2,1-2H3. The Morgan fingerprint density at radius 1 is 1.09 bits per heavy atom. The maximum Gasteiger partial charge on any atom is 0.245 e. The normalized spacial score (nSPS) is 21.4. The summed E-state index contributed by atoms with van der Waals surface area (Å²) in [5.74, 6) is 2.59. The van der Waals surface area contributed by atoms with E-state index in [0.717, 1.165) is 93.6 Å². The van der Waals surface area contributed by atoms with Gasteiger partial charge in [0.25, 0.3) is 0 Å². The zero-order valence-electron chi connectivity index (χ0n) is 21.0. The summed E-state index contributed by atoms with van der Waals surface area (Å²) in [6.45, 7) is 8.79. The number of benzene rings is 1. The first-order valence-electron chi connectivity index (χ1n) is 13.3. The van der Waals surface area contributed by atoms with Crippen LogP contribution in [-0.2, 0) is 9.59 Å². The Morgan fingerprint density at radius 3 is 2.66 bits per heavy atom. The van der Waals surface area contributed by atoms with Gasteiger partial charge in [0.15, 0.2) is 0 Å². The number of ether oxygens (including phenoxy) is 1. The number of carbonyl (C=O) groups excluding carboxylic acids is 2. The van der Waals surface area contributed by atoms with Crippen LogP contribution in [0.5, 0.6) is 5.75 Å². The molecule has 4 heterocycles. The maximum atomic E-state index is 13.5. The van der Waals surface area contributed by atoms with Gasteiger partial charge >= 0.3 is 0 Å². The van der Waals surface area contributed by atoms with Crippen LogP contribution in [-0.4, -0.2) is 77.0 Å². The summed E-state index contributed by atoms with van der Waals surface area (Å²) in [5, 5.41) is 0.986. The fourth-order valence-corrected chi connectivity index (χ4v) is 5.82. The third kappa shape index (κ3) is 5.07. The van der Waals surface area contributed by atoms with Crippen molar-refractivity contribution in [3.8, 4) is 5.75 Å². The molecule has 0 aliphatic carbocycles. The molecule has 1 unspecified atom stereocenters. The van der Waals surface area contributed by atoms with Gasteiger partial charge < -0.3 is 19.4 Å². The molecule has 188 valence electrons. The lowest BCUT2D eigenvalue weighted by molar-refractivity contribution is -0.133. The smallest absolute Gasteiger partial charge is 0.245 e. The zero-order valence-corrected chi connectivity index (χ0v) is 21.0. The Kier molecular flexibility index (Phi) is 7.07. The molecule has 0 spiro atoms. The Bertz CT molecular complexity index is 1080. The van der Waals surface area contributed by atoms with Crippen LogP contribution < -0.4 is 9.64 Å². The fraction of sp³-hybridized carbons (Fsp3) is 0.630. The van der Waals surface area contributed by atoms with Crippen molar-refractivity contribution in [2.45, 2.75) is 64.8 Å². The van der Waals surface area contributed by atoms with E-state index in [0.29, 0.717) is 30.8 Å². The molecular formula is C27H37N5O3. The lowest BCUT2D eigenvalue weighted by Crippen LogP contribution is -2.49. The van der Waals surface area contributed by atoms with E-state index in [1.165, 1.54) is 0 Å². The zero-order chi connectivity index (χ0) is 24.4. The number of amides is 2. The molecular weight excluding hydrogens is 442 g/mol. The second-order valence-corrected chi connectivity index (χ2v) is 10.1. The van der Waals surface area contributed by atoms with Crippen LogP contribution >= 0.6 is 0 Å². The number of likely N-dealkylation sites (tertiary alicyclic amines) is 2. The van der Waals surface area contributed by atoms with Crippen molar-refractivity contribution in [1.29, 1.82) is 0 Å². The van der Waals surface area contributed by atoms with E-state index < -0.39 is 0 Å². The average Bonchev–Trinajstić information content (AvgIpc) is 3.52. The molecule has 3 aliphatic heterocycles. The Morgan fingerprint density at radius 2 is 1.91 bits per heavy atom. The van der Waals surface area contributed by atoms with Crippen LogP contribution in [0.15, 0.2) is 18.2 Å². The molecule has 0 radical (unpaired) electrons. The minimum atomic E-state index is -0.187. The summed E-state index contributed by atoms with van der Waals surface area (Å²) in [6, 6.07) is 5.73. The average molecular weight is 480 g/mol. The van der Waals surface area contributed by atoms with Crippen LogP contribution in [0.3, 0.4) is 0 Å². The molecule has 2 amide bonds. The molecule has 8 nitrogen and oxygen atoms in total. The molecule has 1 aromatic carbocycles. The van der Waals surface area contributed by atoms with Crippen molar-refractivity contribution in [1.82, 2.24) is 19.8 Å². The Labute approximate surface area is 207 Å². The van der Waals surface area contributed by atoms with Crippen molar-refractivity contribution in [2.24, 2.45) is 5.92 Å². The second kappa shape index (κ2) is 10.4. The van der Waals surface area contributed by atoms with Gasteiger partial charge in [0.1, 0.15) is 11.8 Å². The quantitative estimate of drug-likeness (QED) is 0.604. The number of anilines is 1. The van der Waals surface area contributed by atoms with Gasteiger partial charge in [-0.1, -0.05) is 0 Å². The van der Waals surface area contributed by atoms with E-state index in [1.807, 2.05) is 41.8 Å². The minimum absolute atomic E-state index is 0.187. The van der Waals surface area contributed by atoms with Crippen LogP contribution in [0.1, 0.15) is 57.6 Å². The summed E-state index contributed by atoms with van der Waals surface area (Å²) in [4.78, 5) is 41.2. The molecule has 5 rings (SSSR count). The third-order valence-electron chi connectivity index (χ3n) is 7.86. The lowest BCUT2D eigenvalue weighted by atomic mass is 9.93. The number of hydrogen-bond donors (Lipinski definition) is 0. The number of piperidine rings is 1. The molecule has 0 bridgehead atoms. The highest BCUT2D eigenvalue weighted by Gasteiger charge is 2.37. The number of rotatable bonds is 7. The van der Waals surface area contributed by atoms with Crippen LogP contribution in [0, 0.1) is 12.8 Å². The van der Waals surface area contributed by atoms with E-state index in [-0.39, 0.29) is 11.9 Å². The van der Waals surface area contributed by atoms with Crippen molar-refractivity contribution >= 4 is 28.7 Å². The molecule has 1 aromatic heterocycles. The molecule has 3 saturated heterocycles. The highest BCUT2D eigenvalue weighted by atomic mass is 16.5. The fourth-order valence-electron chi connectivity index (χ4n) is 5.82. The van der Waals surface area contributed by atoms with Gasteiger partial charge in [0.2, 0.25) is 17.8 Å². The first-order chi connectivity index (χ1) is 17.0. The number of fused-ring (bicyclic) bond motifs is 1. The maximum absolute atomic E-state index is 13.5. The van der Waals surface area contributed by atoms with Gasteiger partial charge in [-0.25, -0.2) is 9.97 Å². The number of aromatic nitrogens is 2. The summed E-state index contributed by atoms with van der Waals surface area (Å²) < 4.78 is 5.63. The van der Waals surface area contributed by atoms with Crippen LogP contribution in [0.2, 0.25) is 0 Å². The highest BCUT2D eigenvalue weighted by molar-refractivity contribution is 5.87. The SMILES string of the molecule is CCOc1ccc2nc(N3CCCC3C(=O)N3CCC(CCN4CCCC4=O)CC3)nc(C)c2c1. The predicted octanol–water partition coefficient (Wildman–Crippen LogP) is 3.56. The van der Waals surface area contributed by atoms with Gasteiger partial charge in [0.05, 0.1) is 17.8 Å². The van der Waals surface area contributed by atoms with Crippen molar-refractivity contribution in [2.75, 3.05) is 44.2 Å². The van der Waals surface area contributed by atoms with E-state index in [4.69, 9.17) is 14.7 Å². The molecule has 8 heteroatoms. The molecule has 0 N–H and O–H groups in total. The molecule has 2 aromatic rings. The van der Waals surface area contributed by atoms with E-state index in [2.05, 4.69) is 4.90 Å². The summed E-state index contributed by atoms with van der Waals surface area (Å²) in [7, 11) is 0. The first kappa shape index (κ1) is 23.8. The molecule has 3 aliphatic rings. The van der Waals surface area contributed by atoms with Gasteiger partial charge in [0, 0.05) is 44.5 Å². The first-order valence-corrected chi connectivity index (χ1v) is 13.3. The largest absolute Gasteiger partial charge is 0.494 e.